The number of pyridine rings is 1. The fourth-order valence-corrected chi connectivity index (χ4v) is 6.22. The third-order valence-electron chi connectivity index (χ3n) is 8.08. The second-order valence-corrected chi connectivity index (χ2v) is 11.1. The number of benzene rings is 1. The number of aromatic amines is 1. The van der Waals surface area contributed by atoms with Gasteiger partial charge in [-0.1, -0.05) is 6.07 Å². The van der Waals surface area contributed by atoms with Gasteiger partial charge in [-0.05, 0) is 44.4 Å². The molecule has 1 N–H and O–H groups in total. The number of H-pyrrole nitrogens is 1. The molecule has 5 heterocycles. The van der Waals surface area contributed by atoms with Crippen molar-refractivity contribution in [2.24, 2.45) is 7.05 Å². The van der Waals surface area contributed by atoms with Crippen LogP contribution in [0.2, 0.25) is 0 Å². The molecule has 12 nitrogen and oxygen atoms in total. The molecule has 1 fully saturated rings. The van der Waals surface area contributed by atoms with Crippen LogP contribution < -0.4 is 5.69 Å². The van der Waals surface area contributed by atoms with Gasteiger partial charge >= 0.3 is 11.8 Å². The molecule has 0 saturated heterocycles. The topological polar surface area (TPSA) is 135 Å². The van der Waals surface area contributed by atoms with E-state index in [1.165, 1.54) is 7.11 Å². The SMILES string of the molecule is COC(=O)O[C@@H]1CC[C@@H](n2c(=O)[nH]cc3cnc4nc(-c5cnn(C)c5)c(-c5ccc6c(cnn6C(C)C)c5)c4c32)C1. The van der Waals surface area contributed by atoms with Crippen LogP contribution in [0.4, 0.5) is 4.79 Å². The minimum absolute atomic E-state index is 0.200. The summed E-state index contributed by atoms with van der Waals surface area (Å²) in [7, 11) is 3.16. The summed E-state index contributed by atoms with van der Waals surface area (Å²) in [4.78, 5) is 37.9. The van der Waals surface area contributed by atoms with Crippen LogP contribution in [0.5, 0.6) is 0 Å². The number of carbonyl (C=O) groups excluding carboxylic acids is 1. The maximum Gasteiger partial charge on any atom is 0.508 e. The molecular formula is C30H30N8O4. The number of nitrogens with zero attached hydrogens (tertiary/aromatic N) is 7. The summed E-state index contributed by atoms with van der Waals surface area (Å²) < 4.78 is 15.7. The Morgan fingerprint density at radius 2 is 1.95 bits per heavy atom. The third-order valence-corrected chi connectivity index (χ3v) is 8.08. The van der Waals surface area contributed by atoms with E-state index in [-0.39, 0.29) is 23.9 Å². The largest absolute Gasteiger partial charge is 0.508 e. The van der Waals surface area contributed by atoms with Crippen LogP contribution in [-0.2, 0) is 16.5 Å². The molecule has 0 unspecified atom stereocenters. The Balaban J connectivity index is 1.50. The first-order chi connectivity index (χ1) is 20.3. The molecule has 6 aromatic rings. The molecule has 1 aliphatic rings. The molecular weight excluding hydrogens is 536 g/mol. The summed E-state index contributed by atoms with van der Waals surface area (Å²) in [5.74, 6) is 0. The maximum absolute atomic E-state index is 13.5. The maximum atomic E-state index is 13.5. The zero-order valence-electron chi connectivity index (χ0n) is 23.7. The van der Waals surface area contributed by atoms with E-state index in [1.807, 2.05) is 24.1 Å². The number of rotatable bonds is 5. The number of methoxy groups -OCH3 is 1. The number of ether oxygens (including phenoxy) is 2. The van der Waals surface area contributed by atoms with E-state index in [9.17, 15) is 9.59 Å². The molecule has 5 aromatic heterocycles. The lowest BCUT2D eigenvalue weighted by Gasteiger charge is -2.18. The first-order valence-corrected chi connectivity index (χ1v) is 14.0. The van der Waals surface area contributed by atoms with Crippen molar-refractivity contribution in [3.8, 4) is 22.4 Å². The van der Waals surface area contributed by atoms with Crippen molar-refractivity contribution >= 4 is 39.0 Å². The summed E-state index contributed by atoms with van der Waals surface area (Å²) >= 11 is 0. The summed E-state index contributed by atoms with van der Waals surface area (Å²) in [5, 5.41) is 11.6. The third kappa shape index (κ3) is 4.13. The van der Waals surface area contributed by atoms with Crippen LogP contribution in [0.3, 0.4) is 0 Å². The Morgan fingerprint density at radius 1 is 1.10 bits per heavy atom. The van der Waals surface area contributed by atoms with Crippen molar-refractivity contribution in [2.75, 3.05) is 7.11 Å². The molecule has 42 heavy (non-hydrogen) atoms. The highest BCUT2D eigenvalue weighted by Gasteiger charge is 2.32. The molecule has 0 radical (unpaired) electrons. The van der Waals surface area contributed by atoms with Crippen molar-refractivity contribution in [3.63, 3.8) is 0 Å². The monoisotopic (exact) mass is 566 g/mol. The number of fused-ring (bicyclic) bond motifs is 4. The van der Waals surface area contributed by atoms with Gasteiger partial charge < -0.3 is 14.5 Å². The van der Waals surface area contributed by atoms with E-state index in [1.54, 1.807) is 27.8 Å². The lowest BCUT2D eigenvalue weighted by Crippen LogP contribution is -2.27. The fraction of sp³-hybridized carbons (Fsp3) is 0.333. The van der Waals surface area contributed by atoms with Gasteiger partial charge in [-0.3, -0.25) is 13.9 Å². The predicted octanol–water partition coefficient (Wildman–Crippen LogP) is 5.15. The van der Waals surface area contributed by atoms with E-state index in [0.717, 1.165) is 49.6 Å². The van der Waals surface area contributed by atoms with Gasteiger partial charge in [0.25, 0.3) is 0 Å². The summed E-state index contributed by atoms with van der Waals surface area (Å²) in [6.07, 6.45) is 9.74. The predicted molar refractivity (Wildman–Crippen MR) is 157 cm³/mol. The average Bonchev–Trinajstić information content (AvgIpc) is 3.77. The number of carbonyl (C=O) groups is 1. The standard InChI is InChI=1S/C30H30N8O4/c1-16(2)38-23-8-5-17(9-18(23)13-34-38)24-25-27-19(11-31-28(25)35-26(24)20-14-33-36(3)15-20)12-32-29(39)37(27)21-6-7-22(10-21)42-30(40)41-4/h5,8-9,11-16,21-22H,6-7,10H2,1-4H3,(H,32,39)/t21-,22-/m1/s1. The van der Waals surface area contributed by atoms with Gasteiger partial charge in [-0.25, -0.2) is 19.6 Å². The number of nitrogens with one attached hydrogen (secondary N) is 1. The second-order valence-electron chi connectivity index (χ2n) is 11.1. The van der Waals surface area contributed by atoms with Gasteiger partial charge in [0.05, 0.1) is 41.6 Å². The molecule has 0 amide bonds. The Bertz CT molecular complexity index is 2050. The van der Waals surface area contributed by atoms with E-state index >= 15 is 0 Å². The summed E-state index contributed by atoms with van der Waals surface area (Å²) in [5.41, 5.74) is 5.46. The molecule has 214 valence electrons. The quantitative estimate of drug-likeness (QED) is 0.283. The molecule has 1 aliphatic carbocycles. The minimum Gasteiger partial charge on any atom is -0.438 e. The van der Waals surface area contributed by atoms with E-state index in [0.29, 0.717) is 24.9 Å². The molecule has 1 aromatic carbocycles. The van der Waals surface area contributed by atoms with E-state index in [4.69, 9.17) is 19.4 Å². The van der Waals surface area contributed by atoms with Crippen LogP contribution in [0.25, 0.3) is 55.2 Å². The normalized spacial score (nSPS) is 17.2. The Labute approximate surface area is 239 Å². The van der Waals surface area contributed by atoms with Crippen molar-refractivity contribution in [1.29, 1.82) is 0 Å². The van der Waals surface area contributed by atoms with Crippen molar-refractivity contribution in [1.82, 2.24) is 39.1 Å². The van der Waals surface area contributed by atoms with Crippen LogP contribution in [0, 0.1) is 0 Å². The van der Waals surface area contributed by atoms with Gasteiger partial charge in [-0.2, -0.15) is 10.2 Å². The van der Waals surface area contributed by atoms with Crippen LogP contribution in [0.1, 0.15) is 45.2 Å². The van der Waals surface area contributed by atoms with Gasteiger partial charge in [0, 0.05) is 66.0 Å². The van der Waals surface area contributed by atoms with Gasteiger partial charge in [0.1, 0.15) is 6.10 Å². The van der Waals surface area contributed by atoms with Gasteiger partial charge in [0.15, 0.2) is 5.65 Å². The molecule has 0 bridgehead atoms. The van der Waals surface area contributed by atoms with Gasteiger partial charge in [0.2, 0.25) is 0 Å². The zero-order valence-corrected chi connectivity index (χ0v) is 23.7. The Morgan fingerprint density at radius 3 is 2.71 bits per heavy atom. The average molecular weight is 567 g/mol. The van der Waals surface area contributed by atoms with Crippen LogP contribution in [0.15, 0.2) is 54.0 Å². The first-order valence-electron chi connectivity index (χ1n) is 14.0. The highest BCUT2D eigenvalue weighted by Crippen LogP contribution is 2.43. The lowest BCUT2D eigenvalue weighted by molar-refractivity contribution is 0.0383. The van der Waals surface area contributed by atoms with Crippen molar-refractivity contribution < 1.29 is 14.3 Å². The number of hydrogen-bond donors (Lipinski definition) is 1. The number of aromatic nitrogens is 8. The summed E-state index contributed by atoms with van der Waals surface area (Å²) in [6.45, 7) is 4.21. The highest BCUT2D eigenvalue weighted by atomic mass is 16.7. The zero-order chi connectivity index (χ0) is 29.1. The molecule has 1 saturated carbocycles. The first kappa shape index (κ1) is 25.9. The molecule has 7 rings (SSSR count). The molecule has 0 spiro atoms. The molecule has 0 aliphatic heterocycles. The van der Waals surface area contributed by atoms with E-state index in [2.05, 4.69) is 47.2 Å². The molecule has 12 heteroatoms. The molecule has 2 atom stereocenters. The van der Waals surface area contributed by atoms with Crippen molar-refractivity contribution in [3.05, 3.63) is 59.7 Å². The fourth-order valence-electron chi connectivity index (χ4n) is 6.22. The number of hydrogen-bond acceptors (Lipinski definition) is 8. The summed E-state index contributed by atoms with van der Waals surface area (Å²) in [6, 6.07) is 6.29. The van der Waals surface area contributed by atoms with Gasteiger partial charge in [-0.15, -0.1) is 0 Å². The lowest BCUT2D eigenvalue weighted by atomic mass is 9.98. The van der Waals surface area contributed by atoms with E-state index < -0.39 is 6.16 Å². The van der Waals surface area contributed by atoms with Crippen molar-refractivity contribution in [2.45, 2.75) is 51.3 Å². The van der Waals surface area contributed by atoms with Crippen LogP contribution >= 0.6 is 0 Å². The van der Waals surface area contributed by atoms with Crippen LogP contribution in [-0.4, -0.2) is 58.4 Å². The highest BCUT2D eigenvalue weighted by molar-refractivity contribution is 6.15. The Hall–Kier alpha value is -5.00. The smallest absolute Gasteiger partial charge is 0.438 e. The minimum atomic E-state index is -0.719. The number of aryl methyl sites for hydroxylation is 1. The Kier molecular flexibility index (Phi) is 6.07. The second kappa shape index (κ2) is 9.82.